The van der Waals surface area contributed by atoms with E-state index in [1.54, 1.807) is 0 Å². The summed E-state index contributed by atoms with van der Waals surface area (Å²) < 4.78 is 2.34. The fraction of sp³-hybridized carbons (Fsp3) is 0.237. The fourth-order valence-corrected chi connectivity index (χ4v) is 7.47. The van der Waals surface area contributed by atoms with Gasteiger partial charge >= 0.3 is 0 Å². The number of rotatable bonds is 5. The normalized spacial score (nSPS) is 19.5. The van der Waals surface area contributed by atoms with E-state index in [1.165, 1.54) is 55.5 Å². The predicted molar refractivity (Wildman–Crippen MR) is 181 cm³/mol. The third-order valence-corrected chi connectivity index (χ3v) is 9.30. The number of nitrogens with zero attached hydrogens (tertiary/aromatic N) is 2. The molecule has 1 atom stereocenters. The molecule has 0 saturated carbocycles. The minimum absolute atomic E-state index is 0.0708. The largest absolute Gasteiger partial charge is 0.331 e. The molecular formula is C38H38BrN2+. The van der Waals surface area contributed by atoms with Crippen LogP contribution in [0.25, 0.3) is 21.5 Å². The molecule has 0 amide bonds. The summed E-state index contributed by atoms with van der Waals surface area (Å²) >= 11 is 3.87. The quantitative estimate of drug-likeness (QED) is 0.0954. The summed E-state index contributed by atoms with van der Waals surface area (Å²) in [5, 5.41) is 5.26. The van der Waals surface area contributed by atoms with Crippen LogP contribution in [-0.2, 0) is 10.8 Å². The van der Waals surface area contributed by atoms with Crippen LogP contribution < -0.4 is 4.90 Å². The summed E-state index contributed by atoms with van der Waals surface area (Å²) in [6.07, 6.45) is 15.2. The van der Waals surface area contributed by atoms with E-state index >= 15 is 0 Å². The number of allylic oxidation sites excluding steroid dienone is 8. The first-order valence-electron chi connectivity index (χ1n) is 14.4. The van der Waals surface area contributed by atoms with Crippen LogP contribution in [0.15, 0.2) is 121 Å². The summed E-state index contributed by atoms with van der Waals surface area (Å²) in [7, 11) is 2.18. The second-order valence-electron chi connectivity index (χ2n) is 12.2. The van der Waals surface area contributed by atoms with Crippen molar-refractivity contribution in [3.63, 3.8) is 0 Å². The zero-order valence-electron chi connectivity index (χ0n) is 24.8. The van der Waals surface area contributed by atoms with Gasteiger partial charge in [0.15, 0.2) is 5.71 Å². The molecule has 4 aromatic carbocycles. The number of hydrogen-bond donors (Lipinski definition) is 0. The lowest BCUT2D eigenvalue weighted by atomic mass is 9.79. The number of halogens is 1. The molecule has 0 fully saturated rings. The molecule has 1 unspecified atom stereocenters. The Balaban J connectivity index is 1.24. The number of hydrogen-bond acceptors (Lipinski definition) is 1. The van der Waals surface area contributed by atoms with Crippen molar-refractivity contribution in [2.45, 2.75) is 50.4 Å². The molecule has 2 aliphatic heterocycles. The van der Waals surface area contributed by atoms with E-state index < -0.39 is 0 Å². The Labute approximate surface area is 252 Å². The van der Waals surface area contributed by atoms with Gasteiger partial charge in [0, 0.05) is 34.5 Å². The highest BCUT2D eigenvalue weighted by Gasteiger charge is 2.44. The predicted octanol–water partition coefficient (Wildman–Crippen LogP) is 10.1. The third-order valence-electron chi connectivity index (χ3n) is 8.89. The first-order valence-corrected chi connectivity index (χ1v) is 15.4. The molecule has 0 spiro atoms. The van der Waals surface area contributed by atoms with Crippen LogP contribution in [0.5, 0.6) is 0 Å². The van der Waals surface area contributed by atoms with Crippen LogP contribution >= 0.6 is 15.9 Å². The van der Waals surface area contributed by atoms with Crippen LogP contribution in [0.1, 0.15) is 45.7 Å². The van der Waals surface area contributed by atoms with Crippen molar-refractivity contribution in [1.82, 2.24) is 0 Å². The standard InChI is InChI=1S/C38H38BrN2/c1-26(39)41-32-25-23-28-17-13-15-19-30(28)36(32)38(4,5)34(41)21-11-9-7-8-10-20-33-37(2,3)35-29-18-14-12-16-27(29)22-24-31(35)40(33)6/h7-26H,1-6H3/q+1. The van der Waals surface area contributed by atoms with Gasteiger partial charge < -0.3 is 4.90 Å². The van der Waals surface area contributed by atoms with Gasteiger partial charge in [0.1, 0.15) is 7.05 Å². The van der Waals surface area contributed by atoms with Gasteiger partial charge in [-0.2, -0.15) is 4.58 Å². The Hall–Kier alpha value is -3.69. The molecule has 3 heteroatoms. The second kappa shape index (κ2) is 10.3. The number of benzene rings is 4. The summed E-state index contributed by atoms with van der Waals surface area (Å²) in [6.45, 7) is 11.5. The van der Waals surface area contributed by atoms with Crippen molar-refractivity contribution in [3.05, 3.63) is 132 Å². The van der Waals surface area contributed by atoms with Crippen molar-refractivity contribution in [2.75, 3.05) is 11.9 Å². The van der Waals surface area contributed by atoms with Gasteiger partial charge in [-0.3, -0.25) is 0 Å². The number of alkyl halides is 1. The SMILES string of the molecule is CC(Br)N1/C(=C/C=C/C=C/C=C/C2=[N+](C)c3ccc4ccccc4c3C2(C)C)C(C)(C)c2c1ccc1ccccc21. The molecule has 2 heterocycles. The fourth-order valence-electron chi connectivity index (χ4n) is 7.03. The third kappa shape index (κ3) is 4.42. The minimum atomic E-state index is -0.110. The molecule has 41 heavy (non-hydrogen) atoms. The molecule has 6 rings (SSSR count). The van der Waals surface area contributed by atoms with E-state index in [-0.39, 0.29) is 15.8 Å². The molecule has 0 bridgehead atoms. The monoisotopic (exact) mass is 601 g/mol. The maximum Gasteiger partial charge on any atom is 0.210 e. The Bertz CT molecular complexity index is 1830. The molecule has 0 radical (unpaired) electrons. The van der Waals surface area contributed by atoms with E-state index in [0.29, 0.717) is 0 Å². The van der Waals surface area contributed by atoms with E-state index in [9.17, 15) is 0 Å². The van der Waals surface area contributed by atoms with E-state index in [2.05, 4.69) is 182 Å². The Morgan fingerprint density at radius 1 is 0.707 bits per heavy atom. The average Bonchev–Trinajstić information content (AvgIpc) is 3.31. The molecule has 0 aliphatic carbocycles. The van der Waals surface area contributed by atoms with Crippen molar-refractivity contribution < 1.29 is 4.58 Å². The second-order valence-corrected chi connectivity index (χ2v) is 13.5. The van der Waals surface area contributed by atoms with Gasteiger partial charge in [0.25, 0.3) is 0 Å². The molecule has 2 nitrogen and oxygen atoms in total. The smallest absolute Gasteiger partial charge is 0.210 e. The van der Waals surface area contributed by atoms with Gasteiger partial charge in [0.2, 0.25) is 5.69 Å². The summed E-state index contributed by atoms with van der Waals surface area (Å²) in [4.78, 5) is 2.61. The minimum Gasteiger partial charge on any atom is -0.331 e. The van der Waals surface area contributed by atoms with Crippen molar-refractivity contribution in [2.24, 2.45) is 0 Å². The zero-order valence-corrected chi connectivity index (χ0v) is 26.4. The Morgan fingerprint density at radius 2 is 1.29 bits per heavy atom. The van der Waals surface area contributed by atoms with Crippen molar-refractivity contribution in [3.8, 4) is 0 Å². The van der Waals surface area contributed by atoms with Crippen molar-refractivity contribution >= 4 is 54.6 Å². The van der Waals surface area contributed by atoms with Crippen LogP contribution in [0.2, 0.25) is 0 Å². The topological polar surface area (TPSA) is 6.25 Å². The molecular weight excluding hydrogens is 564 g/mol. The molecule has 206 valence electrons. The van der Waals surface area contributed by atoms with Gasteiger partial charge in [-0.05, 0) is 66.1 Å². The summed E-state index contributed by atoms with van der Waals surface area (Å²) in [6, 6.07) is 26.4. The van der Waals surface area contributed by atoms with Gasteiger partial charge in [-0.15, -0.1) is 0 Å². The maximum atomic E-state index is 3.87. The van der Waals surface area contributed by atoms with Gasteiger partial charge in [-0.25, -0.2) is 0 Å². The van der Waals surface area contributed by atoms with Crippen LogP contribution in [0.4, 0.5) is 11.4 Å². The lowest BCUT2D eigenvalue weighted by Gasteiger charge is -2.29. The maximum absolute atomic E-state index is 3.87. The first-order chi connectivity index (χ1) is 19.6. The molecule has 2 aliphatic rings. The van der Waals surface area contributed by atoms with Gasteiger partial charge in [-0.1, -0.05) is 115 Å². The highest BCUT2D eigenvalue weighted by molar-refractivity contribution is 9.09. The highest BCUT2D eigenvalue weighted by atomic mass is 79.9. The summed E-state index contributed by atoms with van der Waals surface area (Å²) in [5.74, 6) is 0. The van der Waals surface area contributed by atoms with Crippen LogP contribution in [-0.4, -0.2) is 22.3 Å². The summed E-state index contributed by atoms with van der Waals surface area (Å²) in [5.41, 5.74) is 7.80. The molecule has 0 saturated heterocycles. The zero-order chi connectivity index (χ0) is 28.9. The van der Waals surface area contributed by atoms with Gasteiger partial charge in [0.05, 0.1) is 10.4 Å². The average molecular weight is 603 g/mol. The highest BCUT2D eigenvalue weighted by Crippen LogP contribution is 2.52. The first kappa shape index (κ1) is 27.5. The van der Waals surface area contributed by atoms with Crippen molar-refractivity contribution in [1.29, 1.82) is 0 Å². The molecule has 4 aromatic rings. The lowest BCUT2D eigenvalue weighted by Crippen LogP contribution is -2.30. The van der Waals surface area contributed by atoms with E-state index in [4.69, 9.17) is 0 Å². The molecule has 0 N–H and O–H groups in total. The van der Waals surface area contributed by atoms with E-state index in [0.717, 1.165) is 0 Å². The Morgan fingerprint density at radius 3 is 1.98 bits per heavy atom. The number of fused-ring (bicyclic) bond motifs is 6. The van der Waals surface area contributed by atoms with Crippen LogP contribution in [0, 0.1) is 0 Å². The Kier molecular flexibility index (Phi) is 6.90. The van der Waals surface area contributed by atoms with Crippen LogP contribution in [0.3, 0.4) is 0 Å². The number of anilines is 1. The lowest BCUT2D eigenvalue weighted by molar-refractivity contribution is -0.401. The molecule has 0 aromatic heterocycles. The van der Waals surface area contributed by atoms with E-state index in [1.807, 2.05) is 0 Å².